The van der Waals surface area contributed by atoms with E-state index in [1.807, 2.05) is 30.3 Å². The molecule has 0 aliphatic carbocycles. The summed E-state index contributed by atoms with van der Waals surface area (Å²) in [5.41, 5.74) is 1.03. The topological polar surface area (TPSA) is 38.3 Å². The third kappa shape index (κ3) is 15.7. The molecule has 3 heteroatoms. The molecule has 0 atom stereocenters. The Bertz CT molecular complexity index is 461. The fourth-order valence-corrected chi connectivity index (χ4v) is 3.42. The summed E-state index contributed by atoms with van der Waals surface area (Å²) in [7, 11) is 0. The number of hydrogen-bond donors (Lipinski definition) is 1. The van der Waals surface area contributed by atoms with Gasteiger partial charge >= 0.3 is 5.97 Å². The first-order valence-corrected chi connectivity index (χ1v) is 11.7. The van der Waals surface area contributed by atoms with Gasteiger partial charge in [-0.3, -0.25) is 4.79 Å². The van der Waals surface area contributed by atoms with Crippen LogP contribution in [0.2, 0.25) is 0 Å². The highest BCUT2D eigenvalue weighted by molar-refractivity contribution is 5.71. The number of carbonyl (C=O) groups excluding carboxylic acids is 1. The van der Waals surface area contributed by atoms with Crippen molar-refractivity contribution < 1.29 is 9.53 Å². The van der Waals surface area contributed by atoms with E-state index in [-0.39, 0.29) is 5.97 Å². The maximum absolute atomic E-state index is 11.7. The first-order valence-electron chi connectivity index (χ1n) is 11.7. The Morgan fingerprint density at radius 3 is 1.79 bits per heavy atom. The second kappa shape index (κ2) is 19.0. The lowest BCUT2D eigenvalue weighted by atomic mass is 10.0. The van der Waals surface area contributed by atoms with Crippen LogP contribution < -0.4 is 5.32 Å². The van der Waals surface area contributed by atoms with Crippen LogP contribution in [0.25, 0.3) is 0 Å². The van der Waals surface area contributed by atoms with Gasteiger partial charge in [-0.05, 0) is 18.5 Å². The molecular weight excluding hydrogens is 346 g/mol. The lowest BCUT2D eigenvalue weighted by Gasteiger charge is -2.06. The van der Waals surface area contributed by atoms with Crippen molar-refractivity contribution in [2.45, 2.75) is 103 Å². The van der Waals surface area contributed by atoms with Crippen molar-refractivity contribution in [3.63, 3.8) is 0 Å². The van der Waals surface area contributed by atoms with Crippen LogP contribution in [0.15, 0.2) is 30.3 Å². The number of unbranched alkanes of at least 4 members (excludes halogenated alkanes) is 13. The minimum atomic E-state index is -0.172. The Labute approximate surface area is 173 Å². The van der Waals surface area contributed by atoms with Gasteiger partial charge in [0.25, 0.3) is 0 Å². The molecular formula is C25H43NO2. The first kappa shape index (κ1) is 24.7. The van der Waals surface area contributed by atoms with Crippen molar-refractivity contribution in [1.82, 2.24) is 5.32 Å². The summed E-state index contributed by atoms with van der Waals surface area (Å²) < 4.78 is 5.25. The molecule has 0 bridgehead atoms. The molecule has 0 aliphatic rings. The lowest BCUT2D eigenvalue weighted by Crippen LogP contribution is -2.25. The lowest BCUT2D eigenvalue weighted by molar-refractivity contribution is -0.143. The summed E-state index contributed by atoms with van der Waals surface area (Å²) in [6.45, 7) is 3.85. The summed E-state index contributed by atoms with van der Waals surface area (Å²) in [6.07, 6.45) is 19.2. The normalized spacial score (nSPS) is 10.9. The van der Waals surface area contributed by atoms with Crippen LogP contribution in [0.1, 0.15) is 102 Å². The summed E-state index contributed by atoms with van der Waals surface area (Å²) >= 11 is 0. The highest BCUT2D eigenvalue weighted by Crippen LogP contribution is 2.12. The molecule has 0 radical (unpaired) electrons. The highest BCUT2D eigenvalue weighted by Gasteiger charge is 2.02. The molecule has 0 heterocycles. The molecule has 0 spiro atoms. The summed E-state index contributed by atoms with van der Waals surface area (Å²) in [5.74, 6) is -0.172. The summed E-state index contributed by atoms with van der Waals surface area (Å²) in [6, 6.07) is 9.81. The maximum Gasteiger partial charge on any atom is 0.320 e. The Hall–Kier alpha value is -1.35. The van der Waals surface area contributed by atoms with Crippen molar-refractivity contribution in [2.75, 3.05) is 13.1 Å². The fourth-order valence-electron chi connectivity index (χ4n) is 3.42. The van der Waals surface area contributed by atoms with Crippen LogP contribution in [0, 0.1) is 0 Å². The molecule has 1 aromatic carbocycles. The molecule has 160 valence electrons. The number of carbonyl (C=O) groups is 1. The largest absolute Gasteiger partial charge is 0.460 e. The van der Waals surface area contributed by atoms with Crippen LogP contribution in [-0.2, 0) is 16.1 Å². The zero-order chi connectivity index (χ0) is 20.1. The van der Waals surface area contributed by atoms with E-state index in [4.69, 9.17) is 4.74 Å². The smallest absolute Gasteiger partial charge is 0.320 e. The summed E-state index contributed by atoms with van der Waals surface area (Å²) in [5, 5.41) is 3.19. The van der Waals surface area contributed by atoms with Gasteiger partial charge in [0.2, 0.25) is 0 Å². The van der Waals surface area contributed by atoms with Crippen molar-refractivity contribution in [3.05, 3.63) is 35.9 Å². The minimum Gasteiger partial charge on any atom is -0.460 e. The molecule has 28 heavy (non-hydrogen) atoms. The Morgan fingerprint density at radius 1 is 0.750 bits per heavy atom. The second-order valence-electron chi connectivity index (χ2n) is 7.92. The number of esters is 1. The molecule has 0 saturated heterocycles. The average molecular weight is 390 g/mol. The van der Waals surface area contributed by atoms with Crippen LogP contribution in [0.5, 0.6) is 0 Å². The van der Waals surface area contributed by atoms with Crippen LogP contribution in [0.3, 0.4) is 0 Å². The third-order valence-corrected chi connectivity index (χ3v) is 5.22. The van der Waals surface area contributed by atoms with E-state index in [1.165, 1.54) is 83.5 Å². The molecule has 0 amide bonds. The standard InChI is InChI=1S/C25H43NO2/c1-2-3-4-5-6-7-8-9-10-11-12-13-14-18-21-26-22-25(27)28-23-24-19-16-15-17-20-24/h15-17,19-20,26H,2-14,18,21-23H2,1H3. The van der Waals surface area contributed by atoms with E-state index >= 15 is 0 Å². The Morgan fingerprint density at radius 2 is 1.25 bits per heavy atom. The van der Waals surface area contributed by atoms with E-state index in [0.717, 1.165) is 18.5 Å². The third-order valence-electron chi connectivity index (χ3n) is 5.22. The van der Waals surface area contributed by atoms with Crippen LogP contribution >= 0.6 is 0 Å². The molecule has 0 unspecified atom stereocenters. The number of hydrogen-bond acceptors (Lipinski definition) is 3. The molecule has 0 aromatic heterocycles. The van der Waals surface area contributed by atoms with Gasteiger partial charge < -0.3 is 10.1 Å². The Balaban J connectivity index is 1.75. The van der Waals surface area contributed by atoms with Crippen molar-refractivity contribution >= 4 is 5.97 Å². The predicted octanol–water partition coefficient (Wildman–Crippen LogP) is 6.80. The molecule has 0 fully saturated rings. The molecule has 0 aliphatic heterocycles. The van der Waals surface area contributed by atoms with E-state index < -0.39 is 0 Å². The Kier molecular flexibility index (Phi) is 16.7. The van der Waals surface area contributed by atoms with E-state index in [9.17, 15) is 4.79 Å². The van der Waals surface area contributed by atoms with E-state index in [2.05, 4.69) is 12.2 Å². The van der Waals surface area contributed by atoms with Gasteiger partial charge in [0.1, 0.15) is 6.61 Å². The fraction of sp³-hybridized carbons (Fsp3) is 0.720. The van der Waals surface area contributed by atoms with Crippen molar-refractivity contribution in [2.24, 2.45) is 0 Å². The van der Waals surface area contributed by atoms with Gasteiger partial charge in [-0.25, -0.2) is 0 Å². The van der Waals surface area contributed by atoms with Gasteiger partial charge in [0.05, 0.1) is 6.54 Å². The average Bonchev–Trinajstić information content (AvgIpc) is 2.72. The zero-order valence-electron chi connectivity index (χ0n) is 18.2. The number of ether oxygens (including phenoxy) is 1. The minimum absolute atomic E-state index is 0.172. The van der Waals surface area contributed by atoms with Gasteiger partial charge in [0, 0.05) is 0 Å². The molecule has 1 aromatic rings. The van der Waals surface area contributed by atoms with Crippen LogP contribution in [-0.4, -0.2) is 19.1 Å². The number of rotatable bonds is 19. The van der Waals surface area contributed by atoms with Gasteiger partial charge in [-0.2, -0.15) is 0 Å². The predicted molar refractivity (Wildman–Crippen MR) is 119 cm³/mol. The van der Waals surface area contributed by atoms with Gasteiger partial charge in [-0.1, -0.05) is 121 Å². The SMILES string of the molecule is CCCCCCCCCCCCCCCCNCC(=O)OCc1ccccc1. The monoisotopic (exact) mass is 389 g/mol. The van der Waals surface area contributed by atoms with Gasteiger partial charge in [-0.15, -0.1) is 0 Å². The second-order valence-corrected chi connectivity index (χ2v) is 7.92. The van der Waals surface area contributed by atoms with E-state index in [1.54, 1.807) is 0 Å². The van der Waals surface area contributed by atoms with Crippen molar-refractivity contribution in [1.29, 1.82) is 0 Å². The molecule has 3 nitrogen and oxygen atoms in total. The molecule has 1 N–H and O–H groups in total. The summed E-state index contributed by atoms with van der Waals surface area (Å²) in [4.78, 5) is 11.7. The van der Waals surface area contributed by atoms with Crippen LogP contribution in [0.4, 0.5) is 0 Å². The van der Waals surface area contributed by atoms with E-state index in [0.29, 0.717) is 13.2 Å². The van der Waals surface area contributed by atoms with Gasteiger partial charge in [0.15, 0.2) is 0 Å². The number of benzene rings is 1. The first-order chi connectivity index (χ1) is 13.8. The maximum atomic E-state index is 11.7. The highest BCUT2D eigenvalue weighted by atomic mass is 16.5. The number of nitrogens with one attached hydrogen (secondary N) is 1. The molecule has 0 saturated carbocycles. The zero-order valence-corrected chi connectivity index (χ0v) is 18.2. The molecule has 1 rings (SSSR count). The van der Waals surface area contributed by atoms with Crippen molar-refractivity contribution in [3.8, 4) is 0 Å². The quantitative estimate of drug-likeness (QED) is 0.209.